The van der Waals surface area contributed by atoms with Gasteiger partial charge >= 0.3 is 11.8 Å². The zero-order valence-electron chi connectivity index (χ0n) is 16.1. The summed E-state index contributed by atoms with van der Waals surface area (Å²) in [7, 11) is 4.43. The van der Waals surface area contributed by atoms with Crippen molar-refractivity contribution < 1.29 is 23.8 Å². The van der Waals surface area contributed by atoms with Gasteiger partial charge in [0, 0.05) is 23.5 Å². The first-order chi connectivity index (χ1) is 12.9. The Morgan fingerprint density at radius 3 is 2.04 bits per heavy atom. The maximum Gasteiger partial charge on any atom is 0.314 e. The molecule has 0 aliphatic heterocycles. The molecular weight excluding hydrogens is 348 g/mol. The number of rotatable bonds is 6. The van der Waals surface area contributed by atoms with Gasteiger partial charge in [-0.05, 0) is 24.5 Å². The first kappa shape index (κ1) is 20.1. The van der Waals surface area contributed by atoms with Gasteiger partial charge in [0.05, 0.1) is 21.3 Å². The van der Waals surface area contributed by atoms with Gasteiger partial charge < -0.3 is 24.8 Å². The van der Waals surface area contributed by atoms with Gasteiger partial charge in [0.1, 0.15) is 0 Å². The lowest BCUT2D eigenvalue weighted by Gasteiger charge is -2.15. The molecule has 7 heteroatoms. The second-order valence-electron chi connectivity index (χ2n) is 5.78. The lowest BCUT2D eigenvalue weighted by atomic mass is 10.1. The van der Waals surface area contributed by atoms with Crippen molar-refractivity contribution in [3.8, 4) is 17.2 Å². The third-order valence-corrected chi connectivity index (χ3v) is 4.11. The molecule has 0 heterocycles. The fraction of sp³-hybridized carbons (Fsp3) is 0.300. The van der Waals surface area contributed by atoms with Gasteiger partial charge in [0.2, 0.25) is 5.75 Å². The van der Waals surface area contributed by atoms with Crippen molar-refractivity contribution in [1.29, 1.82) is 0 Å². The third kappa shape index (κ3) is 4.49. The van der Waals surface area contributed by atoms with Crippen LogP contribution in [-0.4, -0.2) is 33.1 Å². The molecule has 0 unspecified atom stereocenters. The summed E-state index contributed by atoms with van der Waals surface area (Å²) in [5, 5.41) is 5.24. The van der Waals surface area contributed by atoms with E-state index in [2.05, 4.69) is 10.6 Å². The van der Waals surface area contributed by atoms with E-state index in [1.165, 1.54) is 21.3 Å². The minimum Gasteiger partial charge on any atom is -0.493 e. The average Bonchev–Trinajstić information content (AvgIpc) is 2.68. The van der Waals surface area contributed by atoms with Crippen LogP contribution < -0.4 is 24.8 Å². The van der Waals surface area contributed by atoms with Crippen LogP contribution in [-0.2, 0) is 16.0 Å². The predicted molar refractivity (Wildman–Crippen MR) is 104 cm³/mol. The van der Waals surface area contributed by atoms with Gasteiger partial charge in [-0.25, -0.2) is 0 Å². The van der Waals surface area contributed by atoms with Crippen molar-refractivity contribution >= 4 is 23.2 Å². The van der Waals surface area contributed by atoms with Crippen LogP contribution in [0.15, 0.2) is 30.3 Å². The van der Waals surface area contributed by atoms with Crippen LogP contribution in [0.1, 0.15) is 18.1 Å². The number of carbonyl (C=O) groups excluding carboxylic acids is 2. The second kappa shape index (κ2) is 8.93. The molecule has 0 radical (unpaired) electrons. The van der Waals surface area contributed by atoms with Crippen LogP contribution in [0.5, 0.6) is 17.2 Å². The largest absolute Gasteiger partial charge is 0.493 e. The second-order valence-corrected chi connectivity index (χ2v) is 5.78. The molecular formula is C20H24N2O5. The minimum absolute atomic E-state index is 0.352. The number of anilines is 2. The van der Waals surface area contributed by atoms with Crippen LogP contribution >= 0.6 is 0 Å². The normalized spacial score (nSPS) is 10.1. The molecule has 0 aliphatic carbocycles. The van der Waals surface area contributed by atoms with Crippen molar-refractivity contribution in [3.63, 3.8) is 0 Å². The molecule has 0 saturated carbocycles. The number of carbonyl (C=O) groups is 2. The highest BCUT2D eigenvalue weighted by atomic mass is 16.5. The van der Waals surface area contributed by atoms with Crippen LogP contribution in [0, 0.1) is 6.92 Å². The van der Waals surface area contributed by atoms with Gasteiger partial charge in [0.25, 0.3) is 0 Å². The number of nitrogens with one attached hydrogen (secondary N) is 2. The fourth-order valence-electron chi connectivity index (χ4n) is 2.71. The lowest BCUT2D eigenvalue weighted by Crippen LogP contribution is -2.29. The summed E-state index contributed by atoms with van der Waals surface area (Å²) in [6, 6.07) is 8.82. The molecule has 0 aliphatic rings. The maximum absolute atomic E-state index is 12.4. The van der Waals surface area contributed by atoms with E-state index in [4.69, 9.17) is 14.2 Å². The highest BCUT2D eigenvalue weighted by molar-refractivity contribution is 6.43. The summed E-state index contributed by atoms with van der Waals surface area (Å²) >= 11 is 0. The molecule has 2 aromatic rings. The Labute approximate surface area is 158 Å². The molecule has 0 spiro atoms. The van der Waals surface area contributed by atoms with Crippen molar-refractivity contribution in [1.82, 2.24) is 0 Å². The Hall–Kier alpha value is -3.22. The number of benzene rings is 2. The van der Waals surface area contributed by atoms with Gasteiger partial charge in [-0.1, -0.05) is 25.1 Å². The van der Waals surface area contributed by atoms with Crippen LogP contribution in [0.25, 0.3) is 0 Å². The van der Waals surface area contributed by atoms with Crippen molar-refractivity contribution in [2.75, 3.05) is 32.0 Å². The van der Waals surface area contributed by atoms with Crippen LogP contribution in [0.4, 0.5) is 11.4 Å². The molecule has 2 amide bonds. The Balaban J connectivity index is 2.21. The first-order valence-corrected chi connectivity index (χ1v) is 8.45. The number of aryl methyl sites for hydroxylation is 2. The van der Waals surface area contributed by atoms with Crippen LogP contribution in [0.2, 0.25) is 0 Å². The molecule has 2 N–H and O–H groups in total. The van der Waals surface area contributed by atoms with E-state index in [1.54, 1.807) is 12.1 Å². The molecule has 144 valence electrons. The number of methoxy groups -OCH3 is 3. The standard InChI is InChI=1S/C20H24N2O5/c1-6-13-9-7-8-12(2)17(13)22-20(24)19(23)21-14-10-15(25-3)18(27-5)16(11-14)26-4/h7-11H,6H2,1-5H3,(H,21,23)(H,22,24). The Morgan fingerprint density at radius 2 is 1.52 bits per heavy atom. The van der Waals surface area contributed by atoms with E-state index in [0.717, 1.165) is 17.5 Å². The molecule has 2 rings (SSSR count). The average molecular weight is 372 g/mol. The molecule has 0 aromatic heterocycles. The van der Waals surface area contributed by atoms with Crippen LogP contribution in [0.3, 0.4) is 0 Å². The Kier molecular flexibility index (Phi) is 6.65. The van der Waals surface area contributed by atoms with E-state index in [1.807, 2.05) is 32.0 Å². The third-order valence-electron chi connectivity index (χ3n) is 4.11. The molecule has 0 bridgehead atoms. The van der Waals surface area contributed by atoms with E-state index in [0.29, 0.717) is 28.6 Å². The van der Waals surface area contributed by atoms with E-state index >= 15 is 0 Å². The van der Waals surface area contributed by atoms with E-state index in [9.17, 15) is 9.59 Å². The predicted octanol–water partition coefficient (Wildman–Crippen LogP) is 3.16. The Bertz CT molecular complexity index is 823. The number of para-hydroxylation sites is 1. The van der Waals surface area contributed by atoms with Gasteiger partial charge in [-0.2, -0.15) is 0 Å². The highest BCUT2D eigenvalue weighted by Gasteiger charge is 2.19. The summed E-state index contributed by atoms with van der Waals surface area (Å²) in [5.41, 5.74) is 2.86. The van der Waals surface area contributed by atoms with Gasteiger partial charge in [0.15, 0.2) is 11.5 Å². The molecule has 27 heavy (non-hydrogen) atoms. The Morgan fingerprint density at radius 1 is 0.926 bits per heavy atom. The van der Waals surface area contributed by atoms with Crippen molar-refractivity contribution in [2.24, 2.45) is 0 Å². The summed E-state index contributed by atoms with van der Waals surface area (Å²) in [5.74, 6) is -0.406. The van der Waals surface area contributed by atoms with Gasteiger partial charge in [-0.3, -0.25) is 9.59 Å². The van der Waals surface area contributed by atoms with Crippen molar-refractivity contribution in [2.45, 2.75) is 20.3 Å². The topological polar surface area (TPSA) is 85.9 Å². The van der Waals surface area contributed by atoms with Gasteiger partial charge in [-0.15, -0.1) is 0 Å². The number of amides is 2. The summed E-state index contributed by atoms with van der Waals surface area (Å²) < 4.78 is 15.7. The smallest absolute Gasteiger partial charge is 0.314 e. The zero-order chi connectivity index (χ0) is 20.0. The van der Waals surface area contributed by atoms with Crippen molar-refractivity contribution in [3.05, 3.63) is 41.5 Å². The number of ether oxygens (including phenoxy) is 3. The van der Waals surface area contributed by atoms with E-state index < -0.39 is 11.8 Å². The summed E-state index contributed by atoms with van der Waals surface area (Å²) in [6.07, 6.45) is 0.742. The quantitative estimate of drug-likeness (QED) is 0.761. The molecule has 0 atom stereocenters. The molecule has 0 saturated heterocycles. The molecule has 0 fully saturated rings. The fourth-order valence-corrected chi connectivity index (χ4v) is 2.71. The van der Waals surface area contributed by atoms with E-state index in [-0.39, 0.29) is 0 Å². The minimum atomic E-state index is -0.797. The maximum atomic E-state index is 12.4. The zero-order valence-corrected chi connectivity index (χ0v) is 16.1. The highest BCUT2D eigenvalue weighted by Crippen LogP contribution is 2.39. The monoisotopic (exact) mass is 372 g/mol. The number of hydrogen-bond acceptors (Lipinski definition) is 5. The lowest BCUT2D eigenvalue weighted by molar-refractivity contribution is -0.133. The number of hydrogen-bond donors (Lipinski definition) is 2. The summed E-state index contributed by atoms with van der Waals surface area (Å²) in [4.78, 5) is 24.7. The summed E-state index contributed by atoms with van der Waals surface area (Å²) in [6.45, 7) is 3.87. The first-order valence-electron chi connectivity index (χ1n) is 8.45. The SMILES string of the molecule is CCc1cccc(C)c1NC(=O)C(=O)Nc1cc(OC)c(OC)c(OC)c1. The molecule has 2 aromatic carbocycles. The molecule has 7 nitrogen and oxygen atoms in total.